The first-order valence-corrected chi connectivity index (χ1v) is 15.1. The van der Waals surface area contributed by atoms with Crippen molar-refractivity contribution in [2.24, 2.45) is 11.8 Å². The average Bonchev–Trinajstić information content (AvgIpc) is 3.84. The van der Waals surface area contributed by atoms with Crippen molar-refractivity contribution in [2.45, 2.75) is 26.3 Å². The zero-order valence-electron chi connectivity index (χ0n) is 24.3. The number of hydrogen-bond acceptors (Lipinski definition) is 8. The number of anilines is 1. The van der Waals surface area contributed by atoms with Crippen LogP contribution in [0.15, 0.2) is 42.7 Å². The number of fused-ring (bicyclic) bond motifs is 3. The number of benzene rings is 2. The molecule has 2 aromatic carbocycles. The van der Waals surface area contributed by atoms with E-state index in [-0.39, 0.29) is 11.7 Å². The highest BCUT2D eigenvalue weighted by molar-refractivity contribution is 5.94. The number of halogens is 1. The third-order valence-corrected chi connectivity index (χ3v) is 9.34. The van der Waals surface area contributed by atoms with Crippen LogP contribution in [0.5, 0.6) is 5.75 Å². The van der Waals surface area contributed by atoms with E-state index in [1.54, 1.807) is 17.3 Å². The van der Waals surface area contributed by atoms with E-state index in [1.807, 2.05) is 25.1 Å². The molecule has 0 bridgehead atoms. The fourth-order valence-corrected chi connectivity index (χ4v) is 6.91. The van der Waals surface area contributed by atoms with Gasteiger partial charge in [0.2, 0.25) is 0 Å². The number of aromatic hydroxyl groups is 1. The molecule has 44 heavy (non-hydrogen) atoms. The Balaban J connectivity index is 0.995. The molecule has 3 aliphatic rings. The molecule has 0 unspecified atom stereocenters. The molecule has 2 saturated heterocycles. The normalized spacial score (nSPS) is 19.5. The molecule has 4 N–H and O–H groups in total. The van der Waals surface area contributed by atoms with Crippen molar-refractivity contribution >= 4 is 22.6 Å². The first kappa shape index (κ1) is 26.8. The van der Waals surface area contributed by atoms with E-state index < -0.39 is 5.82 Å². The molecule has 3 aliphatic heterocycles. The first-order chi connectivity index (χ1) is 21.4. The van der Waals surface area contributed by atoms with Crippen LogP contribution in [0.25, 0.3) is 33.5 Å². The van der Waals surface area contributed by atoms with Gasteiger partial charge in [0.1, 0.15) is 17.2 Å². The van der Waals surface area contributed by atoms with Gasteiger partial charge in [-0.2, -0.15) is 5.10 Å². The quantitative estimate of drug-likeness (QED) is 0.242. The summed E-state index contributed by atoms with van der Waals surface area (Å²) in [5.41, 5.74) is 6.01. The van der Waals surface area contributed by atoms with Gasteiger partial charge in [-0.1, -0.05) is 13.0 Å². The standard InChI is InChI=1S/C32H32FN9O2/c1-2-17-8-28(43)23(33)9-22(17)18-3-4-21-25(7-18)39-40-30(21)31-37-24-5-6-41(16-27(24)38-31)32(44)26-12-36-29(13-35-26)42-14-19-10-34-11-20(19)15-42/h3-4,7-9,12-13,19-20,34,43H,2,5-6,10-11,14-16H2,1H3,(H,37,38)(H,39,40)/t19-,20+. The van der Waals surface area contributed by atoms with Gasteiger partial charge >= 0.3 is 0 Å². The summed E-state index contributed by atoms with van der Waals surface area (Å²) in [5.74, 6) is 1.62. The Morgan fingerprint density at radius 1 is 1.11 bits per heavy atom. The molecular formula is C32H32FN9O2. The summed E-state index contributed by atoms with van der Waals surface area (Å²) in [6, 6.07) is 8.65. The lowest BCUT2D eigenvalue weighted by Gasteiger charge is -2.26. The van der Waals surface area contributed by atoms with Crippen molar-refractivity contribution in [1.29, 1.82) is 0 Å². The number of aryl methyl sites for hydroxylation is 1. The van der Waals surface area contributed by atoms with Crippen molar-refractivity contribution in [1.82, 2.24) is 40.3 Å². The highest BCUT2D eigenvalue weighted by Crippen LogP contribution is 2.34. The van der Waals surface area contributed by atoms with Gasteiger partial charge in [0.05, 0.1) is 35.8 Å². The van der Waals surface area contributed by atoms with Crippen LogP contribution in [0.1, 0.15) is 34.4 Å². The third kappa shape index (κ3) is 4.48. The SMILES string of the molecule is CCc1cc(O)c(F)cc1-c1ccc2c(-c3nc4c([nH]3)CN(C(=O)c3cnc(N5C[C@H]6CNC[C@H]6C5)cn3)CC4)n[nH]c2c1. The largest absolute Gasteiger partial charge is 0.505 e. The number of aromatic amines is 2. The summed E-state index contributed by atoms with van der Waals surface area (Å²) in [4.78, 5) is 34.7. The molecule has 3 aromatic heterocycles. The number of rotatable bonds is 5. The minimum absolute atomic E-state index is 0.150. The molecule has 2 atom stereocenters. The maximum atomic E-state index is 14.2. The van der Waals surface area contributed by atoms with E-state index >= 15 is 0 Å². The Bertz CT molecular complexity index is 1890. The zero-order chi connectivity index (χ0) is 29.9. The second-order valence-electron chi connectivity index (χ2n) is 12.0. The summed E-state index contributed by atoms with van der Waals surface area (Å²) in [7, 11) is 0. The van der Waals surface area contributed by atoms with E-state index in [0.29, 0.717) is 55.0 Å². The lowest BCUT2D eigenvalue weighted by Crippen LogP contribution is -2.36. The smallest absolute Gasteiger partial charge is 0.274 e. The third-order valence-electron chi connectivity index (χ3n) is 9.34. The number of carbonyl (C=O) groups is 1. The summed E-state index contributed by atoms with van der Waals surface area (Å²) >= 11 is 0. The molecule has 8 rings (SSSR count). The monoisotopic (exact) mass is 593 g/mol. The lowest BCUT2D eigenvalue weighted by molar-refractivity contribution is 0.0725. The van der Waals surface area contributed by atoms with Crippen LogP contribution in [0, 0.1) is 17.7 Å². The Hall–Kier alpha value is -4.84. The molecule has 0 radical (unpaired) electrons. The van der Waals surface area contributed by atoms with Crippen LogP contribution < -0.4 is 10.2 Å². The topological polar surface area (TPSA) is 139 Å². The summed E-state index contributed by atoms with van der Waals surface area (Å²) in [6.07, 6.45) is 4.59. The zero-order valence-corrected chi connectivity index (χ0v) is 24.3. The predicted octanol–water partition coefficient (Wildman–Crippen LogP) is 3.67. The van der Waals surface area contributed by atoms with Crippen LogP contribution in [0.4, 0.5) is 10.2 Å². The minimum atomic E-state index is -0.651. The summed E-state index contributed by atoms with van der Waals surface area (Å²) < 4.78 is 14.2. The Labute approximate surface area is 252 Å². The molecular weight excluding hydrogens is 561 g/mol. The van der Waals surface area contributed by atoms with Crippen LogP contribution in [0.3, 0.4) is 0 Å². The van der Waals surface area contributed by atoms with E-state index in [0.717, 1.165) is 71.0 Å². The first-order valence-electron chi connectivity index (χ1n) is 15.1. The maximum Gasteiger partial charge on any atom is 0.274 e. The second kappa shape index (κ2) is 10.4. The number of aromatic nitrogens is 6. The molecule has 5 aromatic rings. The van der Waals surface area contributed by atoms with Crippen molar-refractivity contribution in [3.8, 4) is 28.4 Å². The Kier molecular flexibility index (Phi) is 6.33. The van der Waals surface area contributed by atoms with E-state index in [2.05, 4.69) is 35.4 Å². The highest BCUT2D eigenvalue weighted by Gasteiger charge is 2.37. The minimum Gasteiger partial charge on any atom is -0.505 e. The lowest BCUT2D eigenvalue weighted by atomic mass is 9.96. The molecule has 0 aliphatic carbocycles. The fourth-order valence-electron chi connectivity index (χ4n) is 6.91. The maximum absolute atomic E-state index is 14.2. The molecule has 6 heterocycles. The van der Waals surface area contributed by atoms with E-state index in [4.69, 9.17) is 4.98 Å². The van der Waals surface area contributed by atoms with E-state index in [9.17, 15) is 14.3 Å². The average molecular weight is 594 g/mol. The number of imidazole rings is 1. The van der Waals surface area contributed by atoms with Crippen LogP contribution in [-0.4, -0.2) is 78.8 Å². The Morgan fingerprint density at radius 2 is 1.95 bits per heavy atom. The highest BCUT2D eigenvalue weighted by atomic mass is 19.1. The number of nitrogens with zero attached hydrogens (tertiary/aromatic N) is 6. The van der Waals surface area contributed by atoms with Crippen molar-refractivity contribution in [3.63, 3.8) is 0 Å². The molecule has 12 heteroatoms. The van der Waals surface area contributed by atoms with Gasteiger partial charge in [-0.3, -0.25) is 9.89 Å². The summed E-state index contributed by atoms with van der Waals surface area (Å²) in [5, 5.41) is 21.8. The van der Waals surface area contributed by atoms with Crippen molar-refractivity contribution in [3.05, 3.63) is 71.2 Å². The van der Waals surface area contributed by atoms with Gasteiger partial charge in [0.15, 0.2) is 17.4 Å². The van der Waals surface area contributed by atoms with Gasteiger partial charge in [0.25, 0.3) is 5.91 Å². The van der Waals surface area contributed by atoms with Crippen LogP contribution >= 0.6 is 0 Å². The fraction of sp³-hybridized carbons (Fsp3) is 0.344. The predicted molar refractivity (Wildman–Crippen MR) is 163 cm³/mol. The number of phenols is 1. The van der Waals surface area contributed by atoms with Gasteiger partial charge in [-0.15, -0.1) is 0 Å². The van der Waals surface area contributed by atoms with Gasteiger partial charge in [-0.05, 0) is 59.2 Å². The summed E-state index contributed by atoms with van der Waals surface area (Å²) in [6.45, 7) is 6.95. The number of hydrogen-bond donors (Lipinski definition) is 4. The van der Waals surface area contributed by atoms with Gasteiger partial charge < -0.3 is 25.2 Å². The molecule has 2 fully saturated rings. The molecule has 0 spiro atoms. The number of amides is 1. The van der Waals surface area contributed by atoms with Gasteiger partial charge in [-0.25, -0.2) is 19.3 Å². The number of carbonyl (C=O) groups excluding carboxylic acids is 1. The van der Waals surface area contributed by atoms with Crippen LogP contribution in [-0.2, 0) is 19.4 Å². The van der Waals surface area contributed by atoms with Crippen molar-refractivity contribution < 1.29 is 14.3 Å². The molecule has 224 valence electrons. The molecule has 11 nitrogen and oxygen atoms in total. The number of H-pyrrole nitrogens is 2. The van der Waals surface area contributed by atoms with Crippen molar-refractivity contribution in [2.75, 3.05) is 37.6 Å². The second-order valence-corrected chi connectivity index (χ2v) is 12.0. The van der Waals surface area contributed by atoms with E-state index in [1.165, 1.54) is 12.1 Å². The van der Waals surface area contributed by atoms with Crippen LogP contribution in [0.2, 0.25) is 0 Å². The van der Waals surface area contributed by atoms with Gasteiger partial charge in [0, 0.05) is 44.5 Å². The Morgan fingerprint density at radius 3 is 2.73 bits per heavy atom. The number of phenolic OH excluding ortho intramolecular Hbond substituents is 1. The molecule has 1 amide bonds. The number of nitrogens with one attached hydrogen (secondary N) is 3. The molecule has 0 saturated carbocycles.